The summed E-state index contributed by atoms with van der Waals surface area (Å²) in [5.41, 5.74) is 2.52. The van der Waals surface area contributed by atoms with Crippen LogP contribution in [0.1, 0.15) is 28.8 Å². The zero-order valence-corrected chi connectivity index (χ0v) is 15.5. The van der Waals surface area contributed by atoms with Gasteiger partial charge in [-0.1, -0.05) is 0 Å². The third kappa shape index (κ3) is 3.95. The zero-order valence-electron chi connectivity index (χ0n) is 15.5. The van der Waals surface area contributed by atoms with E-state index in [1.807, 2.05) is 32.0 Å². The van der Waals surface area contributed by atoms with Crippen LogP contribution in [0.15, 0.2) is 36.5 Å². The molecule has 1 aliphatic rings. The van der Waals surface area contributed by atoms with Gasteiger partial charge in [-0.3, -0.25) is 4.79 Å². The molecule has 1 fully saturated rings. The number of aromatic nitrogens is 1. The van der Waals surface area contributed by atoms with Crippen molar-refractivity contribution in [1.29, 1.82) is 0 Å². The molecule has 1 amide bonds. The molecule has 2 heterocycles. The minimum atomic E-state index is -0.221. The number of anilines is 2. The average molecular weight is 356 g/mol. The van der Waals surface area contributed by atoms with Crippen molar-refractivity contribution >= 4 is 17.4 Å². The minimum absolute atomic E-state index is 0.0518. The summed E-state index contributed by atoms with van der Waals surface area (Å²) in [5.74, 6) is 0.331. The summed E-state index contributed by atoms with van der Waals surface area (Å²) in [5, 5.41) is 3.14. The van der Waals surface area contributed by atoms with Gasteiger partial charge < -0.3 is 15.1 Å². The van der Waals surface area contributed by atoms with Crippen LogP contribution in [0.4, 0.5) is 15.9 Å². The Morgan fingerprint density at radius 3 is 2.88 bits per heavy atom. The molecular weight excluding hydrogens is 331 g/mol. The van der Waals surface area contributed by atoms with Crippen LogP contribution in [0.5, 0.6) is 0 Å². The number of nitrogens with zero attached hydrogens (tertiary/aromatic N) is 3. The number of carbonyl (C=O) groups is 1. The second kappa shape index (κ2) is 7.72. The van der Waals surface area contributed by atoms with Crippen LogP contribution < -0.4 is 15.1 Å². The van der Waals surface area contributed by atoms with Crippen molar-refractivity contribution in [2.24, 2.45) is 0 Å². The quantitative estimate of drug-likeness (QED) is 0.915. The highest BCUT2D eigenvalue weighted by Gasteiger charge is 2.24. The SMILES string of the molecule is Cc1cc(F)ccc1N1CCCC(NC(=O)c2cccnc2N(C)C)C1. The molecule has 2 aromatic rings. The van der Waals surface area contributed by atoms with Crippen molar-refractivity contribution < 1.29 is 9.18 Å². The molecule has 138 valence electrons. The highest BCUT2D eigenvalue weighted by Crippen LogP contribution is 2.25. The first-order valence-corrected chi connectivity index (χ1v) is 8.90. The van der Waals surface area contributed by atoms with E-state index >= 15 is 0 Å². The lowest BCUT2D eigenvalue weighted by atomic mass is 10.0. The molecule has 1 N–H and O–H groups in total. The molecule has 0 aliphatic carbocycles. The first kappa shape index (κ1) is 18.2. The van der Waals surface area contributed by atoms with Gasteiger partial charge in [-0.15, -0.1) is 0 Å². The van der Waals surface area contributed by atoms with E-state index in [2.05, 4.69) is 15.2 Å². The van der Waals surface area contributed by atoms with Gasteiger partial charge in [0.2, 0.25) is 0 Å². The van der Waals surface area contributed by atoms with E-state index < -0.39 is 0 Å². The van der Waals surface area contributed by atoms with Gasteiger partial charge in [-0.2, -0.15) is 0 Å². The molecule has 0 saturated carbocycles. The van der Waals surface area contributed by atoms with Gasteiger partial charge in [0, 0.05) is 45.1 Å². The van der Waals surface area contributed by atoms with Crippen molar-refractivity contribution in [3.8, 4) is 0 Å². The summed E-state index contributed by atoms with van der Waals surface area (Å²) in [6, 6.07) is 8.48. The Bertz CT molecular complexity index is 793. The summed E-state index contributed by atoms with van der Waals surface area (Å²) < 4.78 is 13.4. The predicted octanol–water partition coefficient (Wildman–Crippen LogP) is 2.99. The average Bonchev–Trinajstić information content (AvgIpc) is 2.62. The van der Waals surface area contributed by atoms with Crippen LogP contribution in [0.25, 0.3) is 0 Å². The lowest BCUT2D eigenvalue weighted by molar-refractivity contribution is 0.0933. The van der Waals surface area contributed by atoms with Crippen LogP contribution in [-0.4, -0.2) is 44.1 Å². The molecule has 1 aromatic carbocycles. The number of rotatable bonds is 4. The fourth-order valence-corrected chi connectivity index (χ4v) is 3.48. The van der Waals surface area contributed by atoms with Crippen LogP contribution in [-0.2, 0) is 0 Å². The van der Waals surface area contributed by atoms with E-state index in [-0.39, 0.29) is 17.8 Å². The maximum atomic E-state index is 13.4. The molecule has 5 nitrogen and oxygen atoms in total. The summed E-state index contributed by atoms with van der Waals surface area (Å²) >= 11 is 0. The number of benzene rings is 1. The molecular formula is C20H25FN4O. The van der Waals surface area contributed by atoms with Gasteiger partial charge in [0.25, 0.3) is 5.91 Å². The molecule has 1 saturated heterocycles. The number of carbonyl (C=O) groups excluding carboxylic acids is 1. The van der Waals surface area contributed by atoms with Crippen LogP contribution in [0, 0.1) is 12.7 Å². The van der Waals surface area contributed by atoms with E-state index in [0.717, 1.165) is 37.2 Å². The van der Waals surface area contributed by atoms with Gasteiger partial charge in [-0.05, 0) is 55.7 Å². The number of aryl methyl sites for hydroxylation is 1. The van der Waals surface area contributed by atoms with Crippen LogP contribution in [0.2, 0.25) is 0 Å². The van der Waals surface area contributed by atoms with E-state index in [4.69, 9.17) is 0 Å². The largest absolute Gasteiger partial charge is 0.369 e. The standard InChI is InChI=1S/C20H25FN4O/c1-14-12-15(21)8-9-18(14)25-11-5-6-16(13-25)23-20(26)17-7-4-10-22-19(17)24(2)3/h4,7-10,12,16H,5-6,11,13H2,1-3H3,(H,23,26). The highest BCUT2D eigenvalue weighted by atomic mass is 19.1. The zero-order chi connectivity index (χ0) is 18.7. The first-order chi connectivity index (χ1) is 12.5. The van der Waals surface area contributed by atoms with Crippen molar-refractivity contribution in [3.63, 3.8) is 0 Å². The van der Waals surface area contributed by atoms with Crippen molar-refractivity contribution in [1.82, 2.24) is 10.3 Å². The van der Waals surface area contributed by atoms with Gasteiger partial charge >= 0.3 is 0 Å². The molecule has 0 spiro atoms. The fraction of sp³-hybridized carbons (Fsp3) is 0.400. The van der Waals surface area contributed by atoms with Crippen molar-refractivity contribution in [2.45, 2.75) is 25.8 Å². The smallest absolute Gasteiger partial charge is 0.255 e. The molecule has 0 radical (unpaired) electrons. The number of hydrogen-bond donors (Lipinski definition) is 1. The Morgan fingerprint density at radius 1 is 1.35 bits per heavy atom. The number of piperidine rings is 1. The molecule has 1 aliphatic heterocycles. The Labute approximate surface area is 153 Å². The maximum absolute atomic E-state index is 13.4. The maximum Gasteiger partial charge on any atom is 0.255 e. The lowest BCUT2D eigenvalue weighted by Gasteiger charge is -2.35. The number of halogens is 1. The second-order valence-electron chi connectivity index (χ2n) is 6.96. The third-order valence-corrected chi connectivity index (χ3v) is 4.71. The molecule has 6 heteroatoms. The molecule has 0 bridgehead atoms. The monoisotopic (exact) mass is 356 g/mol. The Kier molecular flexibility index (Phi) is 5.40. The normalized spacial score (nSPS) is 17.1. The third-order valence-electron chi connectivity index (χ3n) is 4.71. The van der Waals surface area contributed by atoms with E-state index in [1.165, 1.54) is 6.07 Å². The summed E-state index contributed by atoms with van der Waals surface area (Å²) in [4.78, 5) is 21.1. The molecule has 1 unspecified atom stereocenters. The van der Waals surface area contributed by atoms with E-state index in [0.29, 0.717) is 11.4 Å². The minimum Gasteiger partial charge on any atom is -0.369 e. The summed E-state index contributed by atoms with van der Waals surface area (Å²) in [7, 11) is 3.75. The number of pyridine rings is 1. The molecule has 1 atom stereocenters. The fourth-order valence-electron chi connectivity index (χ4n) is 3.48. The van der Waals surface area contributed by atoms with Crippen LogP contribution in [0.3, 0.4) is 0 Å². The predicted molar refractivity (Wildman–Crippen MR) is 102 cm³/mol. The molecule has 26 heavy (non-hydrogen) atoms. The van der Waals surface area contributed by atoms with E-state index in [9.17, 15) is 9.18 Å². The summed E-state index contributed by atoms with van der Waals surface area (Å²) in [6.45, 7) is 3.55. The number of hydrogen-bond acceptors (Lipinski definition) is 4. The van der Waals surface area contributed by atoms with E-state index in [1.54, 1.807) is 24.4 Å². The van der Waals surface area contributed by atoms with Gasteiger partial charge in [-0.25, -0.2) is 9.37 Å². The van der Waals surface area contributed by atoms with Crippen LogP contribution >= 0.6 is 0 Å². The second-order valence-corrected chi connectivity index (χ2v) is 6.96. The molecule has 3 rings (SSSR count). The lowest BCUT2D eigenvalue weighted by Crippen LogP contribution is -2.48. The molecule has 1 aromatic heterocycles. The van der Waals surface area contributed by atoms with Crippen molar-refractivity contribution in [2.75, 3.05) is 37.0 Å². The Morgan fingerprint density at radius 2 is 2.15 bits per heavy atom. The topological polar surface area (TPSA) is 48.5 Å². The van der Waals surface area contributed by atoms with Gasteiger partial charge in [0.15, 0.2) is 0 Å². The Balaban J connectivity index is 1.72. The number of amides is 1. The first-order valence-electron chi connectivity index (χ1n) is 8.90. The highest BCUT2D eigenvalue weighted by molar-refractivity contribution is 5.99. The Hall–Kier alpha value is -2.63. The number of nitrogens with one attached hydrogen (secondary N) is 1. The van der Waals surface area contributed by atoms with Crippen molar-refractivity contribution in [3.05, 3.63) is 53.5 Å². The summed E-state index contributed by atoms with van der Waals surface area (Å²) in [6.07, 6.45) is 3.60. The van der Waals surface area contributed by atoms with Gasteiger partial charge in [0.1, 0.15) is 11.6 Å². The van der Waals surface area contributed by atoms with Gasteiger partial charge in [0.05, 0.1) is 5.56 Å².